The zero-order valence-electron chi connectivity index (χ0n) is 18.2. The zero-order valence-corrected chi connectivity index (χ0v) is 18.2. The summed E-state index contributed by atoms with van der Waals surface area (Å²) in [6.07, 6.45) is 0.949. The molecule has 1 saturated heterocycles. The summed E-state index contributed by atoms with van der Waals surface area (Å²) < 4.78 is 5.25. The van der Waals surface area contributed by atoms with E-state index >= 15 is 0 Å². The fourth-order valence-electron chi connectivity index (χ4n) is 3.37. The molecule has 0 bridgehead atoms. The lowest BCUT2D eigenvalue weighted by Gasteiger charge is -2.25. The van der Waals surface area contributed by atoms with E-state index in [4.69, 9.17) is 9.73 Å². The largest absolute Gasteiger partial charge is 0.497 e. The van der Waals surface area contributed by atoms with Crippen LogP contribution in [0, 0.1) is 5.92 Å². The minimum atomic E-state index is -0.0933. The van der Waals surface area contributed by atoms with Gasteiger partial charge in [0.2, 0.25) is 5.91 Å². The van der Waals surface area contributed by atoms with E-state index < -0.39 is 0 Å². The fraction of sp³-hybridized carbons (Fsp3) is 0.636. The van der Waals surface area contributed by atoms with Crippen molar-refractivity contribution in [2.24, 2.45) is 10.9 Å². The molecule has 2 rings (SSSR count). The fourth-order valence-corrected chi connectivity index (χ4v) is 3.37. The highest BCUT2D eigenvalue weighted by molar-refractivity contribution is 5.81. The Kier molecular flexibility index (Phi) is 7.72. The highest BCUT2D eigenvalue weighted by atomic mass is 16.5. The SMILES string of the molecule is CCNC(=NCC(C)(C)c1ccc(OC)cc1)NC1CCN(C(=O)C(C)C)C1. The summed E-state index contributed by atoms with van der Waals surface area (Å²) in [7, 11) is 1.68. The molecule has 0 aromatic heterocycles. The Morgan fingerprint density at radius 1 is 1.32 bits per heavy atom. The van der Waals surface area contributed by atoms with Gasteiger partial charge in [-0.15, -0.1) is 0 Å². The number of benzene rings is 1. The number of methoxy groups -OCH3 is 1. The van der Waals surface area contributed by atoms with Crippen molar-refractivity contribution in [3.63, 3.8) is 0 Å². The average Bonchev–Trinajstić information content (AvgIpc) is 3.14. The van der Waals surface area contributed by atoms with Crippen LogP contribution < -0.4 is 15.4 Å². The first-order chi connectivity index (χ1) is 13.3. The molecule has 0 spiro atoms. The third kappa shape index (κ3) is 5.88. The van der Waals surface area contributed by atoms with Gasteiger partial charge in [0.25, 0.3) is 0 Å². The number of carbonyl (C=O) groups is 1. The number of rotatable bonds is 7. The Balaban J connectivity index is 2.00. The number of nitrogens with zero attached hydrogens (tertiary/aromatic N) is 2. The van der Waals surface area contributed by atoms with Crippen LogP contribution >= 0.6 is 0 Å². The number of amides is 1. The monoisotopic (exact) mass is 388 g/mol. The summed E-state index contributed by atoms with van der Waals surface area (Å²) in [5.74, 6) is 1.95. The first-order valence-corrected chi connectivity index (χ1v) is 10.2. The normalized spacial score (nSPS) is 17.8. The van der Waals surface area contributed by atoms with E-state index in [1.54, 1.807) is 7.11 Å². The zero-order chi connectivity index (χ0) is 20.7. The summed E-state index contributed by atoms with van der Waals surface area (Å²) in [5.41, 5.74) is 1.13. The van der Waals surface area contributed by atoms with Gasteiger partial charge in [-0.25, -0.2) is 0 Å². The second-order valence-electron chi connectivity index (χ2n) is 8.38. The van der Waals surface area contributed by atoms with Crippen LogP contribution in [0.3, 0.4) is 0 Å². The molecule has 1 aromatic carbocycles. The van der Waals surface area contributed by atoms with E-state index in [0.29, 0.717) is 6.54 Å². The molecule has 0 aliphatic carbocycles. The molecule has 1 aliphatic rings. The molecule has 1 aliphatic heterocycles. The predicted molar refractivity (Wildman–Crippen MR) is 115 cm³/mol. The molecule has 2 N–H and O–H groups in total. The van der Waals surface area contributed by atoms with Crippen LogP contribution in [0.1, 0.15) is 46.6 Å². The number of hydrogen-bond donors (Lipinski definition) is 2. The lowest BCUT2D eigenvalue weighted by Crippen LogP contribution is -2.45. The summed E-state index contributed by atoms with van der Waals surface area (Å²) in [6.45, 7) is 13.4. The molecule has 1 aromatic rings. The first kappa shape index (κ1) is 22.1. The van der Waals surface area contributed by atoms with E-state index in [-0.39, 0.29) is 23.3 Å². The van der Waals surface area contributed by atoms with Gasteiger partial charge in [-0.1, -0.05) is 39.8 Å². The maximum absolute atomic E-state index is 12.2. The molecule has 6 heteroatoms. The van der Waals surface area contributed by atoms with Crippen LogP contribution in [0.15, 0.2) is 29.3 Å². The minimum Gasteiger partial charge on any atom is -0.497 e. The van der Waals surface area contributed by atoms with Gasteiger partial charge in [0.15, 0.2) is 5.96 Å². The van der Waals surface area contributed by atoms with Crippen LogP contribution in [-0.2, 0) is 10.2 Å². The smallest absolute Gasteiger partial charge is 0.225 e. The lowest BCUT2D eigenvalue weighted by molar-refractivity contribution is -0.133. The first-order valence-electron chi connectivity index (χ1n) is 10.2. The molecule has 6 nitrogen and oxygen atoms in total. The molecule has 0 radical (unpaired) electrons. The predicted octanol–water partition coefficient (Wildman–Crippen LogP) is 2.78. The van der Waals surface area contributed by atoms with Crippen LogP contribution in [0.25, 0.3) is 0 Å². The number of carbonyl (C=O) groups excluding carboxylic acids is 1. The van der Waals surface area contributed by atoms with Crippen LogP contribution in [0.2, 0.25) is 0 Å². The van der Waals surface area contributed by atoms with Crippen LogP contribution in [0.5, 0.6) is 5.75 Å². The molecular weight excluding hydrogens is 352 g/mol. The van der Waals surface area contributed by atoms with Crippen molar-refractivity contribution in [2.45, 2.75) is 52.5 Å². The third-order valence-electron chi connectivity index (χ3n) is 5.18. The Labute approximate surface area is 169 Å². The molecule has 28 heavy (non-hydrogen) atoms. The van der Waals surface area contributed by atoms with Crippen LogP contribution in [-0.4, -0.2) is 56.1 Å². The topological polar surface area (TPSA) is 66.0 Å². The molecule has 156 valence electrons. The molecule has 1 amide bonds. The van der Waals surface area contributed by atoms with Gasteiger partial charge in [-0.2, -0.15) is 0 Å². The van der Waals surface area contributed by atoms with Crippen molar-refractivity contribution >= 4 is 11.9 Å². The number of ether oxygens (including phenoxy) is 1. The number of hydrogen-bond acceptors (Lipinski definition) is 3. The number of likely N-dealkylation sites (tertiary alicyclic amines) is 1. The summed E-state index contributed by atoms with van der Waals surface area (Å²) in [4.78, 5) is 19.0. The molecular formula is C22H36N4O2. The summed E-state index contributed by atoms with van der Waals surface area (Å²) in [6, 6.07) is 8.42. The molecule has 1 atom stereocenters. The molecule has 1 unspecified atom stereocenters. The second kappa shape index (κ2) is 9.80. The van der Waals surface area contributed by atoms with E-state index in [2.05, 4.69) is 43.5 Å². The Morgan fingerprint density at radius 2 is 2.00 bits per heavy atom. The van der Waals surface area contributed by atoms with Gasteiger partial charge >= 0.3 is 0 Å². The average molecular weight is 389 g/mol. The Bertz CT molecular complexity index is 668. The highest BCUT2D eigenvalue weighted by Crippen LogP contribution is 2.25. The van der Waals surface area contributed by atoms with Crippen molar-refractivity contribution in [3.8, 4) is 5.75 Å². The Morgan fingerprint density at radius 3 is 2.57 bits per heavy atom. The number of guanidine groups is 1. The standard InChI is InChI=1S/C22H36N4O2/c1-7-23-21(25-18-12-13-26(14-18)20(27)16(2)3)24-15-22(4,5)17-8-10-19(28-6)11-9-17/h8-11,16,18H,7,12-15H2,1-6H3,(H2,23,24,25). The molecule has 1 fully saturated rings. The van der Waals surface area contributed by atoms with Gasteiger partial charge in [-0.05, 0) is 31.0 Å². The maximum atomic E-state index is 12.2. The third-order valence-corrected chi connectivity index (χ3v) is 5.18. The van der Waals surface area contributed by atoms with E-state index in [0.717, 1.165) is 37.8 Å². The minimum absolute atomic E-state index is 0.0472. The van der Waals surface area contributed by atoms with Crippen molar-refractivity contribution < 1.29 is 9.53 Å². The quantitative estimate of drug-likeness (QED) is 0.557. The number of aliphatic imine (C=N–C) groups is 1. The van der Waals surface area contributed by atoms with Crippen molar-refractivity contribution in [2.75, 3.05) is 33.3 Å². The van der Waals surface area contributed by atoms with E-state index in [1.807, 2.05) is 30.9 Å². The highest BCUT2D eigenvalue weighted by Gasteiger charge is 2.28. The van der Waals surface area contributed by atoms with Gasteiger partial charge < -0.3 is 20.3 Å². The van der Waals surface area contributed by atoms with E-state index in [1.165, 1.54) is 5.56 Å². The van der Waals surface area contributed by atoms with Crippen LogP contribution in [0.4, 0.5) is 0 Å². The Hall–Kier alpha value is -2.24. The van der Waals surface area contributed by atoms with Gasteiger partial charge in [0, 0.05) is 37.0 Å². The van der Waals surface area contributed by atoms with Crippen molar-refractivity contribution in [1.82, 2.24) is 15.5 Å². The van der Waals surface area contributed by atoms with Gasteiger partial charge in [-0.3, -0.25) is 9.79 Å². The molecule has 0 saturated carbocycles. The van der Waals surface area contributed by atoms with Crippen molar-refractivity contribution in [1.29, 1.82) is 0 Å². The van der Waals surface area contributed by atoms with Gasteiger partial charge in [0.1, 0.15) is 5.75 Å². The van der Waals surface area contributed by atoms with Crippen molar-refractivity contribution in [3.05, 3.63) is 29.8 Å². The second-order valence-corrected chi connectivity index (χ2v) is 8.38. The maximum Gasteiger partial charge on any atom is 0.225 e. The summed E-state index contributed by atoms with van der Waals surface area (Å²) >= 11 is 0. The van der Waals surface area contributed by atoms with E-state index in [9.17, 15) is 4.79 Å². The number of nitrogens with one attached hydrogen (secondary N) is 2. The summed E-state index contributed by atoms with van der Waals surface area (Å²) in [5, 5.41) is 6.84. The van der Waals surface area contributed by atoms with Gasteiger partial charge in [0.05, 0.1) is 13.7 Å². The molecule has 1 heterocycles. The lowest BCUT2D eigenvalue weighted by atomic mass is 9.85.